The Kier molecular flexibility index (Phi) is 5.59. The van der Waals surface area contributed by atoms with E-state index in [0.29, 0.717) is 13.0 Å². The van der Waals surface area contributed by atoms with Crippen molar-refractivity contribution in [2.24, 2.45) is 0 Å². The van der Waals surface area contributed by atoms with Crippen LogP contribution in [0.5, 0.6) is 5.75 Å². The lowest BCUT2D eigenvalue weighted by atomic mass is 10.1. The highest BCUT2D eigenvalue weighted by atomic mass is 16.5. The van der Waals surface area contributed by atoms with Crippen molar-refractivity contribution < 1.29 is 9.53 Å². The summed E-state index contributed by atoms with van der Waals surface area (Å²) in [7, 11) is 0. The van der Waals surface area contributed by atoms with Gasteiger partial charge in [0.25, 0.3) is 5.91 Å². The fourth-order valence-electron chi connectivity index (χ4n) is 2.21. The van der Waals surface area contributed by atoms with Crippen LogP contribution in [0.2, 0.25) is 0 Å². The molecule has 0 saturated carbocycles. The monoisotopic (exact) mass is 297 g/mol. The van der Waals surface area contributed by atoms with E-state index in [9.17, 15) is 4.79 Å². The highest BCUT2D eigenvalue weighted by Gasteiger charge is 2.18. The van der Waals surface area contributed by atoms with Gasteiger partial charge in [-0.2, -0.15) is 0 Å². The lowest BCUT2D eigenvalue weighted by Crippen LogP contribution is -2.37. The Morgan fingerprint density at radius 3 is 2.41 bits per heavy atom. The van der Waals surface area contributed by atoms with Crippen LogP contribution in [0.25, 0.3) is 0 Å². The van der Waals surface area contributed by atoms with Gasteiger partial charge in [0.15, 0.2) is 6.10 Å². The summed E-state index contributed by atoms with van der Waals surface area (Å²) in [5.41, 5.74) is 3.47. The summed E-state index contributed by atoms with van der Waals surface area (Å²) >= 11 is 0. The lowest BCUT2D eigenvalue weighted by molar-refractivity contribution is -0.128. The van der Waals surface area contributed by atoms with E-state index in [-0.39, 0.29) is 5.91 Å². The van der Waals surface area contributed by atoms with Gasteiger partial charge in [-0.25, -0.2) is 0 Å². The smallest absolute Gasteiger partial charge is 0.261 e. The van der Waals surface area contributed by atoms with Gasteiger partial charge in [-0.3, -0.25) is 4.79 Å². The van der Waals surface area contributed by atoms with Gasteiger partial charge >= 0.3 is 0 Å². The SMILES string of the molecule is CCC(Oc1ccc(C)cc1)C(=O)NCc1ccccc1C. The molecule has 0 radical (unpaired) electrons. The number of hydrogen-bond donors (Lipinski definition) is 1. The average Bonchev–Trinajstić information content (AvgIpc) is 2.53. The molecule has 0 aromatic heterocycles. The van der Waals surface area contributed by atoms with Gasteiger partial charge in [0.2, 0.25) is 0 Å². The molecule has 1 atom stereocenters. The number of benzene rings is 2. The minimum absolute atomic E-state index is 0.0775. The minimum atomic E-state index is -0.466. The third-order valence-electron chi connectivity index (χ3n) is 3.68. The van der Waals surface area contributed by atoms with Gasteiger partial charge in [-0.1, -0.05) is 48.9 Å². The molecule has 0 heterocycles. The summed E-state index contributed by atoms with van der Waals surface area (Å²) in [6.07, 6.45) is 0.166. The van der Waals surface area contributed by atoms with E-state index in [2.05, 4.69) is 5.32 Å². The van der Waals surface area contributed by atoms with Gasteiger partial charge in [0, 0.05) is 6.54 Å². The first-order valence-electron chi connectivity index (χ1n) is 7.65. The molecule has 1 amide bonds. The molecule has 22 heavy (non-hydrogen) atoms. The van der Waals surface area contributed by atoms with E-state index in [1.165, 1.54) is 11.1 Å². The van der Waals surface area contributed by atoms with E-state index in [4.69, 9.17) is 4.74 Å². The van der Waals surface area contributed by atoms with Crippen molar-refractivity contribution >= 4 is 5.91 Å². The summed E-state index contributed by atoms with van der Waals surface area (Å²) in [6.45, 7) is 6.54. The predicted molar refractivity (Wildman–Crippen MR) is 88.9 cm³/mol. The van der Waals surface area contributed by atoms with E-state index in [1.807, 2.05) is 69.3 Å². The molecular weight excluding hydrogens is 274 g/mol. The number of carbonyl (C=O) groups excluding carboxylic acids is 1. The summed E-state index contributed by atoms with van der Waals surface area (Å²) in [5, 5.41) is 2.96. The van der Waals surface area contributed by atoms with Gasteiger partial charge in [0.05, 0.1) is 0 Å². The van der Waals surface area contributed by atoms with Crippen LogP contribution >= 0.6 is 0 Å². The molecule has 3 nitrogen and oxygen atoms in total. The molecular formula is C19H23NO2. The molecule has 0 aliphatic heterocycles. The van der Waals surface area contributed by atoms with Crippen LogP contribution < -0.4 is 10.1 Å². The molecule has 0 aliphatic rings. The molecule has 0 aliphatic carbocycles. The number of carbonyl (C=O) groups is 1. The second-order valence-electron chi connectivity index (χ2n) is 5.47. The Balaban J connectivity index is 1.94. The minimum Gasteiger partial charge on any atom is -0.481 e. The number of ether oxygens (including phenoxy) is 1. The molecule has 3 heteroatoms. The highest BCUT2D eigenvalue weighted by Crippen LogP contribution is 2.15. The van der Waals surface area contributed by atoms with Crippen LogP contribution in [-0.2, 0) is 11.3 Å². The van der Waals surface area contributed by atoms with Crippen LogP contribution in [0.1, 0.15) is 30.0 Å². The Morgan fingerprint density at radius 1 is 1.09 bits per heavy atom. The largest absolute Gasteiger partial charge is 0.481 e. The molecule has 0 bridgehead atoms. The molecule has 116 valence electrons. The first-order valence-corrected chi connectivity index (χ1v) is 7.65. The first-order chi connectivity index (χ1) is 10.6. The number of nitrogens with one attached hydrogen (secondary N) is 1. The fraction of sp³-hybridized carbons (Fsp3) is 0.316. The molecule has 0 spiro atoms. The van der Waals surface area contributed by atoms with Crippen molar-refractivity contribution in [2.45, 2.75) is 39.8 Å². The maximum absolute atomic E-state index is 12.3. The third kappa shape index (κ3) is 4.35. The van der Waals surface area contributed by atoms with Crippen molar-refractivity contribution in [3.63, 3.8) is 0 Å². The van der Waals surface area contributed by atoms with Gasteiger partial charge < -0.3 is 10.1 Å². The summed E-state index contributed by atoms with van der Waals surface area (Å²) < 4.78 is 5.79. The summed E-state index contributed by atoms with van der Waals surface area (Å²) in [5.74, 6) is 0.648. The van der Waals surface area contributed by atoms with Gasteiger partial charge in [-0.15, -0.1) is 0 Å². The third-order valence-corrected chi connectivity index (χ3v) is 3.68. The second-order valence-corrected chi connectivity index (χ2v) is 5.47. The van der Waals surface area contributed by atoms with Gasteiger partial charge in [0.1, 0.15) is 5.75 Å². The highest BCUT2D eigenvalue weighted by molar-refractivity contribution is 5.81. The second kappa shape index (κ2) is 7.64. The summed E-state index contributed by atoms with van der Waals surface area (Å²) in [4.78, 5) is 12.3. The molecule has 2 rings (SSSR count). The van der Waals surface area contributed by atoms with Crippen molar-refractivity contribution in [1.82, 2.24) is 5.32 Å². The van der Waals surface area contributed by atoms with Crippen LogP contribution in [0.3, 0.4) is 0 Å². The Labute approximate surface area is 132 Å². The van der Waals surface area contributed by atoms with E-state index in [1.54, 1.807) is 0 Å². The molecule has 1 N–H and O–H groups in total. The van der Waals surface area contributed by atoms with Crippen molar-refractivity contribution in [3.8, 4) is 5.75 Å². The number of rotatable bonds is 6. The topological polar surface area (TPSA) is 38.3 Å². The quantitative estimate of drug-likeness (QED) is 0.881. The van der Waals surface area contributed by atoms with Crippen LogP contribution in [0.4, 0.5) is 0 Å². The predicted octanol–water partition coefficient (Wildman–Crippen LogP) is 3.78. The number of hydrogen-bond acceptors (Lipinski definition) is 2. The Morgan fingerprint density at radius 2 is 1.77 bits per heavy atom. The Hall–Kier alpha value is -2.29. The van der Waals surface area contributed by atoms with Crippen LogP contribution in [-0.4, -0.2) is 12.0 Å². The molecule has 0 saturated heterocycles. The maximum Gasteiger partial charge on any atom is 0.261 e. The van der Waals surface area contributed by atoms with Gasteiger partial charge in [-0.05, 0) is 43.5 Å². The van der Waals surface area contributed by atoms with Crippen LogP contribution in [0.15, 0.2) is 48.5 Å². The van der Waals surface area contributed by atoms with E-state index >= 15 is 0 Å². The summed E-state index contributed by atoms with van der Waals surface area (Å²) in [6, 6.07) is 15.8. The van der Waals surface area contributed by atoms with E-state index in [0.717, 1.165) is 11.3 Å². The molecule has 2 aromatic carbocycles. The first kappa shape index (κ1) is 16.1. The Bertz CT molecular complexity index is 620. The lowest BCUT2D eigenvalue weighted by Gasteiger charge is -2.18. The van der Waals surface area contributed by atoms with E-state index < -0.39 is 6.10 Å². The zero-order valence-corrected chi connectivity index (χ0v) is 13.4. The number of aryl methyl sites for hydroxylation is 2. The molecule has 0 fully saturated rings. The normalized spacial score (nSPS) is 11.8. The van der Waals surface area contributed by atoms with Crippen molar-refractivity contribution in [3.05, 3.63) is 65.2 Å². The zero-order valence-electron chi connectivity index (χ0n) is 13.4. The maximum atomic E-state index is 12.3. The zero-order chi connectivity index (χ0) is 15.9. The van der Waals surface area contributed by atoms with Crippen LogP contribution in [0, 0.1) is 13.8 Å². The van der Waals surface area contributed by atoms with Crippen molar-refractivity contribution in [1.29, 1.82) is 0 Å². The standard InChI is InChI=1S/C19H23NO2/c1-4-18(22-17-11-9-14(2)10-12-17)19(21)20-13-16-8-6-5-7-15(16)3/h5-12,18H,4,13H2,1-3H3,(H,20,21). The fourth-order valence-corrected chi connectivity index (χ4v) is 2.21. The van der Waals surface area contributed by atoms with Crippen molar-refractivity contribution in [2.75, 3.05) is 0 Å². The number of amides is 1. The molecule has 2 aromatic rings. The molecule has 1 unspecified atom stereocenters. The average molecular weight is 297 g/mol.